The van der Waals surface area contributed by atoms with Crippen molar-refractivity contribution in [2.24, 2.45) is 5.92 Å². The lowest BCUT2D eigenvalue weighted by molar-refractivity contribution is -0.133. The molecule has 0 heterocycles. The molecule has 8 atom stereocenters. The fraction of sp³-hybridized carbons (Fsp3) is 0.923. The Bertz CT molecular complexity index is 527. The molecule has 3 unspecified atom stereocenters. The lowest BCUT2D eigenvalue weighted by Crippen LogP contribution is -2.52. The summed E-state index contributed by atoms with van der Waals surface area (Å²) in [5, 5.41) is 76.5. The van der Waals surface area contributed by atoms with Crippen LogP contribution in [0.5, 0.6) is 0 Å². The summed E-state index contributed by atoms with van der Waals surface area (Å²) >= 11 is 0. The third-order valence-corrected chi connectivity index (χ3v) is 4.80. The normalized spacial score (nSPS) is 30.0. The Kier molecular flexibility index (Phi) is 8.63. The molecule has 12 nitrogen and oxygen atoms in total. The van der Waals surface area contributed by atoms with Crippen LogP contribution in [0.1, 0.15) is 12.8 Å². The molecule has 1 aliphatic rings. The van der Waals surface area contributed by atoms with Crippen LogP contribution in [0.25, 0.3) is 0 Å². The molecule has 0 spiro atoms. The first-order valence-electron chi connectivity index (χ1n) is 7.71. The van der Waals surface area contributed by atoms with Gasteiger partial charge >= 0.3 is 0 Å². The van der Waals surface area contributed by atoms with Crippen LogP contribution in [-0.4, -0.2) is 110 Å². The molecule has 26 heavy (non-hydrogen) atoms. The minimum Gasteiger partial charge on any atom is -0.726 e. The lowest BCUT2D eigenvalue weighted by Gasteiger charge is -2.31. The SMILES string of the molecule is O=S(=O)([O-])OC([C@H](O)C(O)C(O)CO)[C@H](O)C[C+]1C[C@@H](O)[C@H](O)[C@H]1CO. The van der Waals surface area contributed by atoms with Crippen LogP contribution >= 0.6 is 0 Å². The van der Waals surface area contributed by atoms with Gasteiger partial charge in [0.05, 0.1) is 13.2 Å². The Labute approximate surface area is 149 Å². The van der Waals surface area contributed by atoms with Gasteiger partial charge in [0.2, 0.25) is 10.4 Å². The number of rotatable bonds is 10. The van der Waals surface area contributed by atoms with Gasteiger partial charge < -0.3 is 45.4 Å². The van der Waals surface area contributed by atoms with E-state index in [4.69, 9.17) is 5.11 Å². The van der Waals surface area contributed by atoms with Crippen molar-refractivity contribution in [3.63, 3.8) is 0 Å². The van der Waals surface area contributed by atoms with Gasteiger partial charge in [-0.1, -0.05) is 0 Å². The Hall–Kier alpha value is -0.580. The molecule has 0 aromatic heterocycles. The molecule has 0 radical (unpaired) electrons. The maximum absolute atomic E-state index is 10.9. The molecule has 0 aliphatic heterocycles. The van der Waals surface area contributed by atoms with E-state index in [1.165, 1.54) is 0 Å². The summed E-state index contributed by atoms with van der Waals surface area (Å²) < 4.78 is 36.6. The minimum atomic E-state index is -5.44. The summed E-state index contributed by atoms with van der Waals surface area (Å²) in [5.41, 5.74) is 0. The van der Waals surface area contributed by atoms with Crippen molar-refractivity contribution in [3.8, 4) is 0 Å². The van der Waals surface area contributed by atoms with Gasteiger partial charge in [0.1, 0.15) is 61.5 Å². The smallest absolute Gasteiger partial charge is 0.218 e. The Balaban J connectivity index is 2.95. The fourth-order valence-electron chi connectivity index (χ4n) is 2.92. The third-order valence-electron chi connectivity index (χ3n) is 4.35. The van der Waals surface area contributed by atoms with Gasteiger partial charge in [-0.05, 0) is 0 Å². The zero-order chi connectivity index (χ0) is 20.2. The van der Waals surface area contributed by atoms with Crippen molar-refractivity contribution in [1.29, 1.82) is 0 Å². The average molecular weight is 404 g/mol. The van der Waals surface area contributed by atoms with Crippen molar-refractivity contribution < 1.29 is 58.0 Å². The third kappa shape index (κ3) is 5.97. The van der Waals surface area contributed by atoms with E-state index in [1.807, 2.05) is 0 Å². The van der Waals surface area contributed by atoms with Crippen molar-refractivity contribution in [3.05, 3.63) is 5.92 Å². The van der Waals surface area contributed by atoms with Crippen LogP contribution in [0.2, 0.25) is 0 Å². The largest absolute Gasteiger partial charge is 0.726 e. The second-order valence-electron chi connectivity index (χ2n) is 6.18. The first kappa shape index (κ1) is 23.5. The van der Waals surface area contributed by atoms with E-state index in [0.717, 1.165) is 0 Å². The maximum atomic E-state index is 10.9. The van der Waals surface area contributed by atoms with E-state index in [-0.39, 0.29) is 12.3 Å². The Morgan fingerprint density at radius 2 is 1.65 bits per heavy atom. The topological polar surface area (TPSA) is 228 Å². The predicted octanol–water partition coefficient (Wildman–Crippen LogP) is -5.03. The summed E-state index contributed by atoms with van der Waals surface area (Å²) in [5.74, 6) is -0.712. The number of aliphatic hydroxyl groups excluding tert-OH is 8. The Morgan fingerprint density at radius 1 is 1.08 bits per heavy atom. The second-order valence-corrected chi connectivity index (χ2v) is 7.19. The quantitative estimate of drug-likeness (QED) is 0.0971. The molecule has 0 aromatic carbocycles. The van der Waals surface area contributed by atoms with Crippen molar-refractivity contribution in [2.45, 2.75) is 55.6 Å². The van der Waals surface area contributed by atoms with Crippen LogP contribution in [-0.2, 0) is 14.6 Å². The molecule has 154 valence electrons. The van der Waals surface area contributed by atoms with Crippen molar-refractivity contribution in [2.75, 3.05) is 13.2 Å². The van der Waals surface area contributed by atoms with Gasteiger partial charge in [-0.2, -0.15) is 0 Å². The highest BCUT2D eigenvalue weighted by Gasteiger charge is 2.52. The van der Waals surface area contributed by atoms with E-state index in [2.05, 4.69) is 4.18 Å². The second kappa shape index (κ2) is 9.57. The maximum Gasteiger partial charge on any atom is 0.218 e. The lowest BCUT2D eigenvalue weighted by atomic mass is 9.87. The summed E-state index contributed by atoms with van der Waals surface area (Å²) in [6.07, 6.45) is -13.7. The molecule has 1 fully saturated rings. The van der Waals surface area contributed by atoms with E-state index >= 15 is 0 Å². The summed E-state index contributed by atoms with van der Waals surface area (Å²) in [4.78, 5) is 0. The van der Waals surface area contributed by atoms with Gasteiger partial charge in [-0.25, -0.2) is 8.42 Å². The molecule has 1 aliphatic carbocycles. The van der Waals surface area contributed by atoms with Crippen LogP contribution < -0.4 is 0 Å². The van der Waals surface area contributed by atoms with Crippen LogP contribution in [0.15, 0.2) is 0 Å². The standard InChI is InChI=1S/C13H24O12S/c14-3-6-5(1-7(16)10(6)19)2-8(17)13(25-26(22,23)24)12(21)11(20)9(18)4-15/h6-21H,1-4H2/t6-,7+,8+,9?,10+,11?,12+,13?/m0/s1. The molecule has 1 rings (SSSR count). The monoisotopic (exact) mass is 404 g/mol. The van der Waals surface area contributed by atoms with Crippen LogP contribution in [0.4, 0.5) is 0 Å². The number of hydrogen-bond donors (Lipinski definition) is 8. The summed E-state index contributed by atoms with van der Waals surface area (Å²) in [7, 11) is -5.44. The first-order valence-corrected chi connectivity index (χ1v) is 9.05. The van der Waals surface area contributed by atoms with Gasteiger partial charge in [-0.15, -0.1) is 0 Å². The summed E-state index contributed by atoms with van der Waals surface area (Å²) in [6.45, 7) is -1.59. The molecule has 8 N–H and O–H groups in total. The van der Waals surface area contributed by atoms with Gasteiger partial charge in [0, 0.05) is 0 Å². The zero-order valence-corrected chi connectivity index (χ0v) is 14.4. The van der Waals surface area contributed by atoms with Gasteiger partial charge in [0.15, 0.2) is 5.92 Å². The molecule has 0 amide bonds. The molecular weight excluding hydrogens is 380 g/mol. The van der Waals surface area contributed by atoms with Crippen LogP contribution in [0, 0.1) is 11.8 Å². The molecule has 0 bridgehead atoms. The van der Waals surface area contributed by atoms with Crippen molar-refractivity contribution >= 4 is 10.4 Å². The van der Waals surface area contributed by atoms with Gasteiger partial charge in [0.25, 0.3) is 0 Å². The van der Waals surface area contributed by atoms with Gasteiger partial charge in [-0.3, -0.25) is 4.18 Å². The number of aliphatic hydroxyl groups is 8. The average Bonchev–Trinajstić information content (AvgIpc) is 2.82. The highest BCUT2D eigenvalue weighted by molar-refractivity contribution is 7.80. The van der Waals surface area contributed by atoms with E-state index in [0.29, 0.717) is 0 Å². The highest BCUT2D eigenvalue weighted by Crippen LogP contribution is 2.38. The fourth-order valence-corrected chi connectivity index (χ4v) is 3.44. The van der Waals surface area contributed by atoms with E-state index in [9.17, 15) is 48.7 Å². The minimum absolute atomic E-state index is 0.141. The van der Waals surface area contributed by atoms with Crippen molar-refractivity contribution in [1.82, 2.24) is 0 Å². The highest BCUT2D eigenvalue weighted by atomic mass is 32.3. The molecule has 0 aromatic rings. The molecule has 0 saturated heterocycles. The zero-order valence-electron chi connectivity index (χ0n) is 13.6. The first-order chi connectivity index (χ1) is 11.9. The van der Waals surface area contributed by atoms with E-state index in [1.54, 1.807) is 0 Å². The molecule has 13 heteroatoms. The molecular formula is C13H24O12S. The van der Waals surface area contributed by atoms with E-state index < -0.39 is 78.7 Å². The summed E-state index contributed by atoms with van der Waals surface area (Å²) in [6, 6.07) is 0. The molecule has 1 saturated carbocycles. The number of hydrogen-bond acceptors (Lipinski definition) is 12. The Morgan fingerprint density at radius 3 is 2.12 bits per heavy atom. The predicted molar refractivity (Wildman–Crippen MR) is 80.7 cm³/mol. The van der Waals surface area contributed by atoms with Crippen LogP contribution in [0.3, 0.4) is 0 Å².